The molecule has 0 N–H and O–H groups in total. The maximum atomic E-state index is 12.9. The first-order valence-electron chi connectivity index (χ1n) is 10.9. The minimum absolute atomic E-state index is 0.0427. The lowest BCUT2D eigenvalue weighted by Crippen LogP contribution is -2.44. The number of likely N-dealkylation sites (tertiary alicyclic amines) is 1. The lowest BCUT2D eigenvalue weighted by Gasteiger charge is -2.34. The summed E-state index contributed by atoms with van der Waals surface area (Å²) in [6.45, 7) is 6.10. The third-order valence-electron chi connectivity index (χ3n) is 6.25. The number of fused-ring (bicyclic) bond motifs is 1. The van der Waals surface area contributed by atoms with E-state index in [-0.39, 0.29) is 18.4 Å². The quantitative estimate of drug-likeness (QED) is 0.516. The molecule has 1 aromatic heterocycles. The van der Waals surface area contributed by atoms with Gasteiger partial charge in [0.2, 0.25) is 5.91 Å². The Bertz CT molecular complexity index is 1070. The highest BCUT2D eigenvalue weighted by atomic mass is 32.1. The summed E-state index contributed by atoms with van der Waals surface area (Å²) in [7, 11) is 1.78. The first-order valence-corrected chi connectivity index (χ1v) is 11.7. The van der Waals surface area contributed by atoms with Crippen molar-refractivity contribution in [1.82, 2.24) is 9.88 Å². The summed E-state index contributed by atoms with van der Waals surface area (Å²) in [5.41, 5.74) is 4.10. The van der Waals surface area contributed by atoms with Crippen LogP contribution >= 0.6 is 11.3 Å². The average Bonchev–Trinajstić information content (AvgIpc) is 3.21. The minimum atomic E-state index is -0.340. The molecular weight excluding hydrogens is 406 g/mol. The number of thiazole rings is 1. The second-order valence-electron chi connectivity index (χ2n) is 8.62. The van der Waals surface area contributed by atoms with Crippen LogP contribution in [0.4, 0.5) is 5.69 Å². The molecular formula is C25H29N3O2S. The molecule has 4 rings (SSSR count). The monoisotopic (exact) mass is 435 g/mol. The molecule has 1 aliphatic heterocycles. The van der Waals surface area contributed by atoms with E-state index in [1.54, 1.807) is 23.3 Å². The normalized spacial score (nSPS) is 16.4. The Balaban J connectivity index is 1.43. The smallest absolute Gasteiger partial charge is 0.228 e. The fraction of sp³-hybridized carbons (Fsp3) is 0.400. The maximum absolute atomic E-state index is 12.9. The zero-order chi connectivity index (χ0) is 22.0. The molecule has 0 saturated carbocycles. The van der Waals surface area contributed by atoms with Crippen LogP contribution in [0.25, 0.3) is 20.8 Å². The van der Waals surface area contributed by atoms with Crippen LogP contribution in [0.15, 0.2) is 42.5 Å². The Labute approximate surface area is 187 Å². The second kappa shape index (κ2) is 9.28. The fourth-order valence-corrected chi connectivity index (χ4v) is 5.14. The number of rotatable bonds is 6. The summed E-state index contributed by atoms with van der Waals surface area (Å²) in [6, 6.07) is 13.9. The van der Waals surface area contributed by atoms with Gasteiger partial charge in [0, 0.05) is 24.7 Å². The second-order valence-corrected chi connectivity index (χ2v) is 9.65. The fourth-order valence-electron chi connectivity index (χ4n) is 4.07. The van der Waals surface area contributed by atoms with Gasteiger partial charge in [-0.2, -0.15) is 0 Å². The van der Waals surface area contributed by atoms with Crippen LogP contribution in [0.1, 0.15) is 31.7 Å². The summed E-state index contributed by atoms with van der Waals surface area (Å²) in [5.74, 6) is 0.652. The standard InChI is InChI=1S/C25H29N3O2S/c1-17-10-12-28(13-11-17)21(16-29)15-24(30)27(3)20-7-5-19(6-8-20)25-26-22-9-4-18(2)14-23(22)31-25/h4-9,14,16-17,21H,10-13,15H2,1-3H3. The number of hydrogen-bond acceptors (Lipinski definition) is 5. The van der Waals surface area contributed by atoms with Crippen molar-refractivity contribution in [2.24, 2.45) is 5.92 Å². The van der Waals surface area contributed by atoms with Crippen LogP contribution < -0.4 is 4.90 Å². The summed E-state index contributed by atoms with van der Waals surface area (Å²) >= 11 is 1.68. The molecule has 1 unspecified atom stereocenters. The lowest BCUT2D eigenvalue weighted by molar-refractivity contribution is -0.123. The number of aromatic nitrogens is 1. The molecule has 0 bridgehead atoms. The van der Waals surface area contributed by atoms with Crippen molar-refractivity contribution in [3.8, 4) is 10.6 Å². The topological polar surface area (TPSA) is 53.5 Å². The highest BCUT2D eigenvalue weighted by Crippen LogP contribution is 2.31. The number of nitrogens with zero attached hydrogens (tertiary/aromatic N) is 3. The van der Waals surface area contributed by atoms with Crippen LogP contribution in [-0.4, -0.2) is 48.3 Å². The van der Waals surface area contributed by atoms with Crippen molar-refractivity contribution in [3.05, 3.63) is 48.0 Å². The third kappa shape index (κ3) is 4.86. The number of hydrogen-bond donors (Lipinski definition) is 0. The van der Waals surface area contributed by atoms with E-state index in [0.717, 1.165) is 54.0 Å². The summed E-state index contributed by atoms with van der Waals surface area (Å²) < 4.78 is 1.18. The summed E-state index contributed by atoms with van der Waals surface area (Å²) in [6.07, 6.45) is 3.31. The van der Waals surface area contributed by atoms with Gasteiger partial charge in [-0.3, -0.25) is 9.69 Å². The number of anilines is 1. The molecule has 162 valence electrons. The third-order valence-corrected chi connectivity index (χ3v) is 7.31. The molecule has 5 nitrogen and oxygen atoms in total. The zero-order valence-electron chi connectivity index (χ0n) is 18.4. The van der Waals surface area contributed by atoms with Gasteiger partial charge in [0.05, 0.1) is 16.3 Å². The Hall–Kier alpha value is -2.57. The van der Waals surface area contributed by atoms with Gasteiger partial charge < -0.3 is 9.69 Å². The van der Waals surface area contributed by atoms with Crippen molar-refractivity contribution in [3.63, 3.8) is 0 Å². The van der Waals surface area contributed by atoms with E-state index in [1.807, 2.05) is 24.3 Å². The van der Waals surface area contributed by atoms with E-state index in [9.17, 15) is 9.59 Å². The van der Waals surface area contributed by atoms with Crippen molar-refractivity contribution >= 4 is 39.4 Å². The molecule has 0 spiro atoms. The number of aryl methyl sites for hydroxylation is 1. The molecule has 3 aromatic rings. The van der Waals surface area contributed by atoms with Crippen LogP contribution in [0.2, 0.25) is 0 Å². The Kier molecular flexibility index (Phi) is 6.49. The van der Waals surface area contributed by atoms with Crippen molar-refractivity contribution in [2.75, 3.05) is 25.0 Å². The highest BCUT2D eigenvalue weighted by molar-refractivity contribution is 7.21. The van der Waals surface area contributed by atoms with Gasteiger partial charge in [-0.25, -0.2) is 4.98 Å². The Morgan fingerprint density at radius 3 is 2.61 bits per heavy atom. The van der Waals surface area contributed by atoms with E-state index in [2.05, 4.69) is 36.9 Å². The number of amides is 1. The Morgan fingerprint density at radius 1 is 1.23 bits per heavy atom. The Morgan fingerprint density at radius 2 is 1.94 bits per heavy atom. The molecule has 1 saturated heterocycles. The van der Waals surface area contributed by atoms with Crippen molar-refractivity contribution in [2.45, 2.75) is 39.2 Å². The van der Waals surface area contributed by atoms with Gasteiger partial charge in [-0.15, -0.1) is 11.3 Å². The van der Waals surface area contributed by atoms with Crippen molar-refractivity contribution in [1.29, 1.82) is 0 Å². The predicted molar refractivity (Wildman–Crippen MR) is 128 cm³/mol. The summed E-state index contributed by atoms with van der Waals surface area (Å²) in [5, 5.41) is 0.974. The van der Waals surface area contributed by atoms with E-state index < -0.39 is 0 Å². The van der Waals surface area contributed by atoms with Gasteiger partial charge in [0.25, 0.3) is 0 Å². The van der Waals surface area contributed by atoms with Crippen molar-refractivity contribution < 1.29 is 9.59 Å². The maximum Gasteiger partial charge on any atom is 0.228 e. The van der Waals surface area contributed by atoms with E-state index in [1.165, 1.54) is 10.3 Å². The zero-order valence-corrected chi connectivity index (χ0v) is 19.2. The van der Waals surface area contributed by atoms with Gasteiger partial charge in [0.15, 0.2) is 0 Å². The predicted octanol–water partition coefficient (Wildman–Crippen LogP) is 4.92. The van der Waals surface area contributed by atoms with Gasteiger partial charge >= 0.3 is 0 Å². The minimum Gasteiger partial charge on any atom is -0.315 e. The molecule has 0 radical (unpaired) electrons. The SMILES string of the molecule is Cc1ccc2nc(-c3ccc(N(C)C(=O)CC(C=O)N4CCC(C)CC4)cc3)sc2c1. The number of benzene rings is 2. The largest absolute Gasteiger partial charge is 0.315 e. The molecule has 1 aliphatic rings. The highest BCUT2D eigenvalue weighted by Gasteiger charge is 2.26. The average molecular weight is 436 g/mol. The molecule has 6 heteroatoms. The molecule has 2 heterocycles. The number of aldehydes is 1. The molecule has 1 fully saturated rings. The molecule has 1 atom stereocenters. The molecule has 1 amide bonds. The van der Waals surface area contributed by atoms with Crippen LogP contribution in [0.5, 0.6) is 0 Å². The van der Waals surface area contributed by atoms with E-state index in [0.29, 0.717) is 5.92 Å². The number of carbonyl (C=O) groups is 2. The number of piperidine rings is 1. The summed E-state index contributed by atoms with van der Waals surface area (Å²) in [4.78, 5) is 33.0. The first-order chi connectivity index (χ1) is 14.9. The van der Waals surface area contributed by atoms with Crippen LogP contribution in [0, 0.1) is 12.8 Å². The van der Waals surface area contributed by atoms with Gasteiger partial charge in [-0.05, 0) is 80.7 Å². The van der Waals surface area contributed by atoms with Crippen LogP contribution in [-0.2, 0) is 9.59 Å². The lowest BCUT2D eigenvalue weighted by atomic mass is 9.97. The molecule has 2 aromatic carbocycles. The van der Waals surface area contributed by atoms with E-state index >= 15 is 0 Å². The number of carbonyl (C=O) groups excluding carboxylic acids is 2. The first kappa shape index (κ1) is 21.7. The van der Waals surface area contributed by atoms with Gasteiger partial charge in [0.1, 0.15) is 11.3 Å². The van der Waals surface area contributed by atoms with E-state index in [4.69, 9.17) is 4.98 Å². The van der Waals surface area contributed by atoms with Crippen LogP contribution in [0.3, 0.4) is 0 Å². The molecule has 0 aliphatic carbocycles. The van der Waals surface area contributed by atoms with Gasteiger partial charge in [-0.1, -0.05) is 13.0 Å². The molecule has 31 heavy (non-hydrogen) atoms.